The molecule has 3 N–H and O–H groups in total. The van der Waals surface area contributed by atoms with Crippen molar-refractivity contribution in [2.24, 2.45) is 0 Å². The van der Waals surface area contributed by atoms with Crippen LogP contribution in [0, 0.1) is 0 Å². The first-order chi connectivity index (χ1) is 19.0. The van der Waals surface area contributed by atoms with Crippen LogP contribution in [0.4, 0.5) is 0 Å². The number of benzene rings is 1. The van der Waals surface area contributed by atoms with E-state index < -0.39 is 24.9 Å². The van der Waals surface area contributed by atoms with Gasteiger partial charge in [-0.15, -0.1) is 0 Å². The van der Waals surface area contributed by atoms with Crippen molar-refractivity contribution in [3.63, 3.8) is 0 Å². The van der Waals surface area contributed by atoms with Crippen molar-refractivity contribution in [2.75, 3.05) is 0 Å². The number of carbonyl (C=O) groups excluding carboxylic acids is 1. The lowest BCUT2D eigenvalue weighted by Crippen LogP contribution is -2.53. The predicted octanol–water partition coefficient (Wildman–Crippen LogP) is 2.53. The SMILES string of the molecule is O=C(N[C@H]1Cc2cccc(C(=O)O)c2OB1O)c1ccc(CN(Cc2ccccn2)Cc2ccccn2)nc1. The van der Waals surface area contributed by atoms with E-state index in [2.05, 4.69) is 25.2 Å². The van der Waals surface area contributed by atoms with Gasteiger partial charge in [0.05, 0.1) is 34.1 Å². The molecule has 0 aliphatic carbocycles. The van der Waals surface area contributed by atoms with Crippen molar-refractivity contribution in [3.8, 4) is 5.75 Å². The number of pyridine rings is 3. The van der Waals surface area contributed by atoms with Crippen LogP contribution in [-0.4, -0.2) is 54.9 Å². The summed E-state index contributed by atoms with van der Waals surface area (Å²) in [6.07, 6.45) is 5.25. The maximum Gasteiger partial charge on any atom is 0.547 e. The zero-order valence-electron chi connectivity index (χ0n) is 21.0. The van der Waals surface area contributed by atoms with Crippen LogP contribution < -0.4 is 9.97 Å². The van der Waals surface area contributed by atoms with Gasteiger partial charge < -0.3 is 20.1 Å². The van der Waals surface area contributed by atoms with Crippen LogP contribution in [0.3, 0.4) is 0 Å². The average molecular weight is 523 g/mol. The zero-order chi connectivity index (χ0) is 27.2. The lowest BCUT2D eigenvalue weighted by Gasteiger charge is -2.28. The number of nitrogens with zero attached hydrogens (tertiary/aromatic N) is 4. The quantitative estimate of drug-likeness (QED) is 0.283. The van der Waals surface area contributed by atoms with E-state index in [0.29, 0.717) is 30.8 Å². The first-order valence-electron chi connectivity index (χ1n) is 12.4. The Kier molecular flexibility index (Phi) is 7.90. The van der Waals surface area contributed by atoms with E-state index in [4.69, 9.17) is 4.65 Å². The molecule has 1 aromatic carbocycles. The average Bonchev–Trinajstić information content (AvgIpc) is 2.94. The summed E-state index contributed by atoms with van der Waals surface area (Å²) in [5.41, 5.74) is 3.52. The van der Waals surface area contributed by atoms with Gasteiger partial charge in [0.15, 0.2) is 0 Å². The maximum atomic E-state index is 12.9. The summed E-state index contributed by atoms with van der Waals surface area (Å²) in [4.78, 5) is 39.9. The largest absolute Gasteiger partial charge is 0.547 e. The number of aromatic nitrogens is 3. The van der Waals surface area contributed by atoms with Gasteiger partial charge in [-0.3, -0.25) is 24.6 Å². The minimum absolute atomic E-state index is 0.0312. The molecule has 0 unspecified atom stereocenters. The van der Waals surface area contributed by atoms with E-state index in [-0.39, 0.29) is 17.7 Å². The summed E-state index contributed by atoms with van der Waals surface area (Å²) in [7, 11) is -1.39. The Balaban J connectivity index is 1.25. The molecule has 0 saturated carbocycles. The molecule has 0 spiro atoms. The number of carboxylic acids is 1. The Morgan fingerprint density at radius 3 is 2.13 bits per heavy atom. The summed E-state index contributed by atoms with van der Waals surface area (Å²) in [6.45, 7) is 1.73. The van der Waals surface area contributed by atoms with E-state index >= 15 is 0 Å². The number of fused-ring (bicyclic) bond motifs is 1. The second-order valence-electron chi connectivity index (χ2n) is 9.22. The molecular weight excluding hydrogens is 497 g/mol. The van der Waals surface area contributed by atoms with Gasteiger partial charge >= 0.3 is 13.1 Å². The molecule has 4 aromatic rings. The fourth-order valence-corrected chi connectivity index (χ4v) is 4.46. The molecule has 1 amide bonds. The minimum Gasteiger partial charge on any atom is -0.534 e. The topological polar surface area (TPSA) is 138 Å². The molecule has 0 saturated heterocycles. The van der Waals surface area contributed by atoms with E-state index in [0.717, 1.165) is 17.1 Å². The van der Waals surface area contributed by atoms with Gasteiger partial charge in [-0.2, -0.15) is 0 Å². The molecular formula is C28H26BN5O5. The highest BCUT2D eigenvalue weighted by Crippen LogP contribution is 2.30. The number of amides is 1. The molecule has 11 heteroatoms. The summed E-state index contributed by atoms with van der Waals surface area (Å²) in [5.74, 6) is -2.19. The summed E-state index contributed by atoms with van der Waals surface area (Å²) < 4.78 is 5.46. The summed E-state index contributed by atoms with van der Waals surface area (Å²) in [6, 6.07) is 19.8. The number of hydrogen-bond acceptors (Lipinski definition) is 8. The number of nitrogens with one attached hydrogen (secondary N) is 1. The fourth-order valence-electron chi connectivity index (χ4n) is 4.46. The second-order valence-corrected chi connectivity index (χ2v) is 9.22. The molecule has 10 nitrogen and oxygen atoms in total. The molecule has 5 rings (SSSR count). The Hall–Kier alpha value is -4.61. The Bertz CT molecular complexity index is 1400. The lowest BCUT2D eigenvalue weighted by atomic mass is 9.72. The first kappa shape index (κ1) is 26.0. The van der Waals surface area contributed by atoms with Gasteiger partial charge in [-0.05, 0) is 54.4 Å². The standard InChI is InChI=1S/C28H26BN5O5/c35-27(33-25-14-19-6-5-9-24(28(36)37)26(19)39-29(25)38)20-10-11-23(32-15-20)18-34(16-21-7-1-3-12-30-21)17-22-8-2-4-13-31-22/h1-13,15,25,38H,14,16-18H2,(H,33,35)(H,36,37)/t25-/m0/s1. The number of carboxylic acid groups (broad SMARTS) is 1. The third-order valence-corrected chi connectivity index (χ3v) is 6.36. The van der Waals surface area contributed by atoms with Crippen LogP contribution in [0.1, 0.15) is 43.4 Å². The zero-order valence-corrected chi connectivity index (χ0v) is 21.0. The molecule has 0 radical (unpaired) electrons. The van der Waals surface area contributed by atoms with Crippen LogP contribution in [0.25, 0.3) is 0 Å². The number of aromatic carboxylic acids is 1. The van der Waals surface area contributed by atoms with E-state index in [1.807, 2.05) is 36.4 Å². The highest BCUT2D eigenvalue weighted by molar-refractivity contribution is 6.47. The van der Waals surface area contributed by atoms with Crippen molar-refractivity contribution in [1.82, 2.24) is 25.2 Å². The van der Waals surface area contributed by atoms with Crippen LogP contribution in [0.15, 0.2) is 85.3 Å². The molecule has 1 aliphatic heterocycles. The van der Waals surface area contributed by atoms with Gasteiger partial charge in [-0.25, -0.2) is 4.79 Å². The van der Waals surface area contributed by atoms with Crippen molar-refractivity contribution >= 4 is 19.0 Å². The number of carbonyl (C=O) groups is 2. The Morgan fingerprint density at radius 1 is 0.897 bits per heavy atom. The molecule has 39 heavy (non-hydrogen) atoms. The summed E-state index contributed by atoms with van der Waals surface area (Å²) >= 11 is 0. The molecule has 0 bridgehead atoms. The summed E-state index contributed by atoms with van der Waals surface area (Å²) in [5, 5.41) is 22.6. The normalized spacial score (nSPS) is 14.4. The van der Waals surface area contributed by atoms with Crippen LogP contribution >= 0.6 is 0 Å². The highest BCUT2D eigenvalue weighted by Gasteiger charge is 2.37. The van der Waals surface area contributed by atoms with Crippen molar-refractivity contribution in [2.45, 2.75) is 32.0 Å². The van der Waals surface area contributed by atoms with Gasteiger partial charge in [0, 0.05) is 38.2 Å². The Morgan fingerprint density at radius 2 is 1.56 bits per heavy atom. The second kappa shape index (κ2) is 11.8. The van der Waals surface area contributed by atoms with E-state index in [1.165, 1.54) is 12.3 Å². The van der Waals surface area contributed by atoms with Gasteiger partial charge in [-0.1, -0.05) is 24.3 Å². The van der Waals surface area contributed by atoms with Crippen molar-refractivity contribution < 1.29 is 24.4 Å². The highest BCUT2D eigenvalue weighted by atomic mass is 16.5. The fraction of sp³-hybridized carbons (Fsp3) is 0.179. The first-order valence-corrected chi connectivity index (χ1v) is 12.4. The molecule has 0 fully saturated rings. The predicted molar refractivity (Wildman–Crippen MR) is 143 cm³/mol. The van der Waals surface area contributed by atoms with Crippen LogP contribution in [0.2, 0.25) is 0 Å². The van der Waals surface area contributed by atoms with E-state index in [9.17, 15) is 19.7 Å². The van der Waals surface area contributed by atoms with Gasteiger partial charge in [0.2, 0.25) is 0 Å². The third kappa shape index (κ3) is 6.46. The van der Waals surface area contributed by atoms with Crippen LogP contribution in [0.5, 0.6) is 5.75 Å². The van der Waals surface area contributed by atoms with Crippen molar-refractivity contribution in [3.05, 3.63) is 119 Å². The monoisotopic (exact) mass is 523 g/mol. The molecule has 4 heterocycles. The van der Waals surface area contributed by atoms with Crippen LogP contribution in [-0.2, 0) is 26.1 Å². The van der Waals surface area contributed by atoms with Gasteiger partial charge in [0.25, 0.3) is 5.91 Å². The molecule has 3 aromatic heterocycles. The Labute approximate surface area is 225 Å². The lowest BCUT2D eigenvalue weighted by molar-refractivity contribution is 0.0693. The number of para-hydroxylation sites is 1. The van der Waals surface area contributed by atoms with Crippen molar-refractivity contribution in [1.29, 1.82) is 0 Å². The minimum atomic E-state index is -1.39. The molecule has 1 atom stereocenters. The smallest absolute Gasteiger partial charge is 0.534 e. The molecule has 1 aliphatic rings. The number of rotatable bonds is 9. The maximum absolute atomic E-state index is 12.9. The number of hydrogen-bond donors (Lipinski definition) is 3. The molecule has 196 valence electrons. The third-order valence-electron chi connectivity index (χ3n) is 6.36. The van der Waals surface area contributed by atoms with Gasteiger partial charge in [0.1, 0.15) is 5.75 Å². The van der Waals surface area contributed by atoms with E-state index in [1.54, 1.807) is 36.7 Å².